The summed E-state index contributed by atoms with van der Waals surface area (Å²) in [6, 6.07) is 5.93. The largest absolute Gasteiger partial charge is 0.319 e. The molecule has 0 aliphatic carbocycles. The van der Waals surface area contributed by atoms with Gasteiger partial charge < -0.3 is 5.32 Å². The average molecular weight is 216 g/mol. The zero-order chi connectivity index (χ0) is 11.4. The summed E-state index contributed by atoms with van der Waals surface area (Å²) in [6.07, 6.45) is 2.72. The van der Waals surface area contributed by atoms with E-state index >= 15 is 0 Å². The van der Waals surface area contributed by atoms with Crippen LogP contribution in [0.2, 0.25) is 0 Å². The molecule has 84 valence electrons. The Morgan fingerprint density at radius 2 is 2.25 bits per heavy atom. The molecule has 0 saturated carbocycles. The van der Waals surface area contributed by atoms with Crippen LogP contribution in [0.25, 0.3) is 11.3 Å². The van der Waals surface area contributed by atoms with Gasteiger partial charge >= 0.3 is 0 Å². The van der Waals surface area contributed by atoms with E-state index in [4.69, 9.17) is 0 Å². The molecule has 0 aromatic carbocycles. The van der Waals surface area contributed by atoms with E-state index in [1.165, 1.54) is 0 Å². The Morgan fingerprint density at radius 3 is 2.94 bits per heavy atom. The molecule has 2 N–H and O–H groups in total. The topological polar surface area (TPSA) is 53.6 Å². The van der Waals surface area contributed by atoms with E-state index in [-0.39, 0.29) is 0 Å². The predicted octanol–water partition coefficient (Wildman–Crippen LogP) is 1.54. The number of likely N-dealkylation sites (N-methyl/N-ethyl adjacent to an activating group) is 1. The highest BCUT2D eigenvalue weighted by Gasteiger charge is 2.12. The fourth-order valence-electron chi connectivity index (χ4n) is 1.75. The number of hydrogen-bond donors (Lipinski definition) is 2. The van der Waals surface area contributed by atoms with Crippen LogP contribution in [-0.2, 0) is 6.42 Å². The van der Waals surface area contributed by atoms with Gasteiger partial charge in [0.25, 0.3) is 0 Å². The normalized spacial score (nSPS) is 10.6. The number of aromatic nitrogens is 3. The summed E-state index contributed by atoms with van der Waals surface area (Å²) in [4.78, 5) is 4.37. The first-order valence-electron chi connectivity index (χ1n) is 5.42. The number of pyridine rings is 1. The first-order chi connectivity index (χ1) is 7.83. The maximum Gasteiger partial charge on any atom is 0.0739 e. The fourth-order valence-corrected chi connectivity index (χ4v) is 1.75. The van der Waals surface area contributed by atoms with Crippen LogP contribution >= 0.6 is 0 Å². The lowest BCUT2D eigenvalue weighted by atomic mass is 10.1. The second kappa shape index (κ2) is 4.90. The SMILES string of the molecule is CNCCc1n[nH]c(C)c1-c1ccccn1. The van der Waals surface area contributed by atoms with Crippen molar-refractivity contribution in [2.45, 2.75) is 13.3 Å². The van der Waals surface area contributed by atoms with Gasteiger partial charge in [-0.25, -0.2) is 0 Å². The van der Waals surface area contributed by atoms with E-state index in [0.29, 0.717) is 0 Å². The third-order valence-corrected chi connectivity index (χ3v) is 2.55. The molecule has 2 heterocycles. The van der Waals surface area contributed by atoms with Crippen molar-refractivity contribution in [1.29, 1.82) is 0 Å². The van der Waals surface area contributed by atoms with Gasteiger partial charge in [0.1, 0.15) is 0 Å². The van der Waals surface area contributed by atoms with Crippen LogP contribution in [-0.4, -0.2) is 28.8 Å². The van der Waals surface area contributed by atoms with Gasteiger partial charge in [0.05, 0.1) is 11.4 Å². The average Bonchev–Trinajstić information content (AvgIpc) is 2.69. The zero-order valence-corrected chi connectivity index (χ0v) is 9.62. The zero-order valence-electron chi connectivity index (χ0n) is 9.62. The van der Waals surface area contributed by atoms with Gasteiger partial charge in [-0.05, 0) is 26.1 Å². The minimum absolute atomic E-state index is 0.909. The van der Waals surface area contributed by atoms with Gasteiger partial charge in [-0.15, -0.1) is 0 Å². The first kappa shape index (κ1) is 10.8. The molecule has 2 aromatic rings. The summed E-state index contributed by atoms with van der Waals surface area (Å²) in [5, 5.41) is 10.5. The van der Waals surface area contributed by atoms with Gasteiger partial charge in [-0.3, -0.25) is 10.1 Å². The van der Waals surface area contributed by atoms with Crippen LogP contribution in [0.4, 0.5) is 0 Å². The van der Waals surface area contributed by atoms with Crippen molar-refractivity contribution in [3.8, 4) is 11.3 Å². The molecule has 0 aliphatic heterocycles. The second-order valence-electron chi connectivity index (χ2n) is 3.74. The highest BCUT2D eigenvalue weighted by Crippen LogP contribution is 2.23. The number of H-pyrrole nitrogens is 1. The molecule has 0 spiro atoms. The fraction of sp³-hybridized carbons (Fsp3) is 0.333. The predicted molar refractivity (Wildman–Crippen MR) is 64.2 cm³/mol. The highest BCUT2D eigenvalue weighted by molar-refractivity contribution is 5.64. The molecule has 0 radical (unpaired) electrons. The number of rotatable bonds is 4. The summed E-state index contributed by atoms with van der Waals surface area (Å²) < 4.78 is 0. The molecule has 0 fully saturated rings. The van der Waals surface area contributed by atoms with Crippen LogP contribution in [0.1, 0.15) is 11.4 Å². The maximum atomic E-state index is 4.37. The van der Waals surface area contributed by atoms with Crippen molar-refractivity contribution >= 4 is 0 Å². The van der Waals surface area contributed by atoms with Gasteiger partial charge in [0.15, 0.2) is 0 Å². The lowest BCUT2D eigenvalue weighted by Gasteiger charge is -2.02. The third-order valence-electron chi connectivity index (χ3n) is 2.55. The van der Waals surface area contributed by atoms with Crippen LogP contribution in [0.15, 0.2) is 24.4 Å². The van der Waals surface area contributed by atoms with Crippen molar-refractivity contribution in [3.05, 3.63) is 35.8 Å². The first-order valence-corrected chi connectivity index (χ1v) is 5.42. The van der Waals surface area contributed by atoms with E-state index in [0.717, 1.165) is 35.6 Å². The van der Waals surface area contributed by atoms with Crippen molar-refractivity contribution in [2.75, 3.05) is 13.6 Å². The maximum absolute atomic E-state index is 4.37. The summed E-state index contributed by atoms with van der Waals surface area (Å²) in [6.45, 7) is 2.95. The molecule has 0 aliphatic rings. The van der Waals surface area contributed by atoms with E-state index in [1.807, 2.05) is 38.4 Å². The number of hydrogen-bond acceptors (Lipinski definition) is 3. The smallest absolute Gasteiger partial charge is 0.0739 e. The van der Waals surface area contributed by atoms with Crippen LogP contribution in [0.5, 0.6) is 0 Å². The summed E-state index contributed by atoms with van der Waals surface area (Å²) in [7, 11) is 1.94. The van der Waals surface area contributed by atoms with Gasteiger partial charge in [-0.2, -0.15) is 5.10 Å². The summed E-state index contributed by atoms with van der Waals surface area (Å²) >= 11 is 0. The van der Waals surface area contributed by atoms with Crippen LogP contribution in [0.3, 0.4) is 0 Å². The Kier molecular flexibility index (Phi) is 3.31. The Labute approximate surface area is 95.1 Å². The number of nitrogens with zero attached hydrogens (tertiary/aromatic N) is 2. The molecule has 2 aromatic heterocycles. The van der Waals surface area contributed by atoms with Crippen LogP contribution in [0, 0.1) is 6.92 Å². The van der Waals surface area contributed by atoms with Gasteiger partial charge in [0, 0.05) is 30.4 Å². The number of nitrogens with one attached hydrogen (secondary N) is 2. The molecular formula is C12H16N4. The number of aromatic amines is 1. The third kappa shape index (κ3) is 2.12. The van der Waals surface area contributed by atoms with E-state index in [1.54, 1.807) is 0 Å². The van der Waals surface area contributed by atoms with Crippen molar-refractivity contribution in [1.82, 2.24) is 20.5 Å². The summed E-state index contributed by atoms with van der Waals surface area (Å²) in [5.74, 6) is 0. The van der Waals surface area contributed by atoms with E-state index in [9.17, 15) is 0 Å². The lowest BCUT2D eigenvalue weighted by Crippen LogP contribution is -2.11. The Bertz CT molecular complexity index is 447. The molecule has 0 amide bonds. The van der Waals surface area contributed by atoms with Crippen molar-refractivity contribution < 1.29 is 0 Å². The highest BCUT2D eigenvalue weighted by atomic mass is 15.1. The Morgan fingerprint density at radius 1 is 1.38 bits per heavy atom. The Balaban J connectivity index is 2.35. The monoisotopic (exact) mass is 216 g/mol. The molecule has 0 atom stereocenters. The van der Waals surface area contributed by atoms with E-state index in [2.05, 4.69) is 20.5 Å². The van der Waals surface area contributed by atoms with E-state index < -0.39 is 0 Å². The van der Waals surface area contributed by atoms with Crippen molar-refractivity contribution in [3.63, 3.8) is 0 Å². The molecule has 2 rings (SSSR count). The standard InChI is InChI=1S/C12H16N4/c1-9-12(10-5-3-4-7-14-10)11(16-15-9)6-8-13-2/h3-5,7,13H,6,8H2,1-2H3,(H,15,16). The quantitative estimate of drug-likeness (QED) is 0.815. The van der Waals surface area contributed by atoms with Gasteiger partial charge in [-0.1, -0.05) is 6.07 Å². The minimum Gasteiger partial charge on any atom is -0.319 e. The van der Waals surface area contributed by atoms with Gasteiger partial charge in [0.2, 0.25) is 0 Å². The molecule has 4 nitrogen and oxygen atoms in total. The second-order valence-corrected chi connectivity index (χ2v) is 3.74. The minimum atomic E-state index is 0.909. The molecule has 4 heteroatoms. The number of aryl methyl sites for hydroxylation is 1. The molecule has 16 heavy (non-hydrogen) atoms. The molecule has 0 saturated heterocycles. The van der Waals surface area contributed by atoms with Crippen molar-refractivity contribution in [2.24, 2.45) is 0 Å². The van der Waals surface area contributed by atoms with Crippen LogP contribution < -0.4 is 5.32 Å². The molecule has 0 bridgehead atoms. The molecule has 0 unspecified atom stereocenters. The molecular weight excluding hydrogens is 200 g/mol. The summed E-state index contributed by atoms with van der Waals surface area (Å²) in [5.41, 5.74) is 4.27. The Hall–Kier alpha value is -1.68. The lowest BCUT2D eigenvalue weighted by molar-refractivity contribution is 0.772.